The van der Waals surface area contributed by atoms with Crippen molar-refractivity contribution in [3.63, 3.8) is 0 Å². The Labute approximate surface area is 91.2 Å². The number of fused-ring (bicyclic) bond motifs is 1. The first kappa shape index (κ1) is 9.68. The minimum absolute atomic E-state index is 0.0301. The van der Waals surface area contributed by atoms with Gasteiger partial charge in [-0.15, -0.1) is 0 Å². The van der Waals surface area contributed by atoms with Gasteiger partial charge >= 0.3 is 0 Å². The number of benzene rings is 1. The van der Waals surface area contributed by atoms with Crippen molar-refractivity contribution in [2.75, 3.05) is 10.5 Å². The second-order valence-electron chi connectivity index (χ2n) is 3.36. The van der Waals surface area contributed by atoms with E-state index in [-0.39, 0.29) is 11.8 Å². The fourth-order valence-corrected chi connectivity index (χ4v) is 2.11. The van der Waals surface area contributed by atoms with Crippen LogP contribution in [0.25, 0.3) is 0 Å². The molecule has 14 heavy (non-hydrogen) atoms. The maximum absolute atomic E-state index is 11.8. The predicted molar refractivity (Wildman–Crippen MR) is 59.6 cm³/mol. The number of carbonyl (C=O) groups is 1. The highest BCUT2D eigenvalue weighted by Crippen LogP contribution is 2.27. The van der Waals surface area contributed by atoms with Gasteiger partial charge in [0.2, 0.25) is 0 Å². The van der Waals surface area contributed by atoms with Crippen molar-refractivity contribution < 1.29 is 4.79 Å². The number of nitrogens with two attached hydrogens (primary N) is 1. The molecule has 1 unspecified atom stereocenters. The van der Waals surface area contributed by atoms with Crippen LogP contribution in [0.5, 0.6) is 0 Å². The zero-order valence-corrected chi connectivity index (χ0v) is 9.20. The standard InChI is InChI=1S/C10H11BrN2O/c11-13-6-5-8(12)10(14)7-3-1-2-4-9(7)13/h1-4,8H,5-6,12H2. The molecule has 2 N–H and O–H groups in total. The lowest BCUT2D eigenvalue weighted by Crippen LogP contribution is -2.30. The summed E-state index contributed by atoms with van der Waals surface area (Å²) in [6.45, 7) is 0.754. The van der Waals surface area contributed by atoms with E-state index in [9.17, 15) is 4.79 Å². The summed E-state index contributed by atoms with van der Waals surface area (Å²) >= 11 is 3.42. The quantitative estimate of drug-likeness (QED) is 0.718. The second-order valence-corrected chi connectivity index (χ2v) is 4.22. The van der Waals surface area contributed by atoms with Crippen LogP contribution in [-0.2, 0) is 0 Å². The van der Waals surface area contributed by atoms with E-state index in [1.165, 1.54) is 0 Å². The molecule has 0 saturated carbocycles. The number of anilines is 1. The van der Waals surface area contributed by atoms with Crippen molar-refractivity contribution in [1.29, 1.82) is 0 Å². The van der Waals surface area contributed by atoms with Gasteiger partial charge in [0.15, 0.2) is 5.78 Å². The van der Waals surface area contributed by atoms with E-state index in [2.05, 4.69) is 16.1 Å². The minimum atomic E-state index is -0.376. The number of nitrogens with zero attached hydrogens (tertiary/aromatic N) is 1. The molecule has 0 aromatic heterocycles. The van der Waals surface area contributed by atoms with Crippen LogP contribution in [0.2, 0.25) is 0 Å². The van der Waals surface area contributed by atoms with Crippen LogP contribution in [0.1, 0.15) is 16.8 Å². The first-order valence-electron chi connectivity index (χ1n) is 4.52. The average Bonchev–Trinajstić information content (AvgIpc) is 2.33. The fourth-order valence-electron chi connectivity index (χ4n) is 1.60. The largest absolute Gasteiger partial charge is 0.321 e. The summed E-state index contributed by atoms with van der Waals surface area (Å²) in [5.41, 5.74) is 7.37. The van der Waals surface area contributed by atoms with Crippen molar-refractivity contribution in [3.8, 4) is 0 Å². The van der Waals surface area contributed by atoms with Crippen LogP contribution >= 0.6 is 16.1 Å². The van der Waals surface area contributed by atoms with Gasteiger partial charge in [0, 0.05) is 28.3 Å². The molecule has 1 aliphatic heterocycles. The minimum Gasteiger partial charge on any atom is -0.321 e. The zero-order chi connectivity index (χ0) is 10.1. The molecular weight excluding hydrogens is 244 g/mol. The summed E-state index contributed by atoms with van der Waals surface area (Å²) in [4.78, 5) is 11.8. The van der Waals surface area contributed by atoms with E-state index in [4.69, 9.17) is 5.73 Å². The predicted octanol–water partition coefficient (Wildman–Crippen LogP) is 1.72. The molecule has 1 aliphatic rings. The lowest BCUT2D eigenvalue weighted by molar-refractivity contribution is 0.0961. The van der Waals surface area contributed by atoms with Gasteiger partial charge in [-0.05, 0) is 18.6 Å². The summed E-state index contributed by atoms with van der Waals surface area (Å²) in [5, 5.41) is 0. The van der Waals surface area contributed by atoms with Gasteiger partial charge in [0.1, 0.15) is 0 Å². The van der Waals surface area contributed by atoms with E-state index < -0.39 is 0 Å². The van der Waals surface area contributed by atoms with Gasteiger partial charge in [-0.2, -0.15) is 0 Å². The molecule has 4 heteroatoms. The highest BCUT2D eigenvalue weighted by molar-refractivity contribution is 9.10. The zero-order valence-electron chi connectivity index (χ0n) is 7.61. The van der Waals surface area contributed by atoms with E-state index >= 15 is 0 Å². The molecular formula is C10H11BrN2O. The summed E-state index contributed by atoms with van der Waals surface area (Å²) in [6, 6.07) is 7.13. The molecule has 1 heterocycles. The van der Waals surface area contributed by atoms with Crippen LogP contribution < -0.4 is 9.66 Å². The van der Waals surface area contributed by atoms with Gasteiger partial charge < -0.3 is 9.66 Å². The third-order valence-corrected chi connectivity index (χ3v) is 3.14. The summed E-state index contributed by atoms with van der Waals surface area (Å²) in [5.74, 6) is 0.0301. The molecule has 0 saturated heterocycles. The van der Waals surface area contributed by atoms with Crippen LogP contribution in [0.3, 0.4) is 0 Å². The summed E-state index contributed by atoms with van der Waals surface area (Å²) in [7, 11) is 0. The highest BCUT2D eigenvalue weighted by Gasteiger charge is 2.24. The molecule has 0 radical (unpaired) electrons. The smallest absolute Gasteiger partial charge is 0.181 e. The van der Waals surface area contributed by atoms with Crippen molar-refractivity contribution in [3.05, 3.63) is 29.8 Å². The maximum Gasteiger partial charge on any atom is 0.181 e. The second kappa shape index (κ2) is 3.71. The molecule has 1 aromatic rings. The molecule has 74 valence electrons. The van der Waals surface area contributed by atoms with E-state index in [0.717, 1.165) is 12.2 Å². The van der Waals surface area contributed by atoms with Crippen LogP contribution in [0, 0.1) is 0 Å². The van der Waals surface area contributed by atoms with Gasteiger partial charge in [-0.3, -0.25) is 4.79 Å². The fraction of sp³-hybridized carbons (Fsp3) is 0.300. The number of hydrogen-bond donors (Lipinski definition) is 1. The number of hydrogen-bond acceptors (Lipinski definition) is 3. The van der Waals surface area contributed by atoms with Gasteiger partial charge in [0.25, 0.3) is 0 Å². The number of carbonyl (C=O) groups excluding carboxylic acids is 1. The highest BCUT2D eigenvalue weighted by atomic mass is 79.9. The Hall–Kier alpha value is -0.870. The number of rotatable bonds is 0. The molecule has 2 rings (SSSR count). The lowest BCUT2D eigenvalue weighted by Gasteiger charge is -2.14. The lowest BCUT2D eigenvalue weighted by atomic mass is 10.0. The first-order chi connectivity index (χ1) is 6.70. The van der Waals surface area contributed by atoms with Crippen molar-refractivity contribution >= 4 is 27.6 Å². The Bertz CT molecular complexity index is 367. The molecule has 1 aromatic carbocycles. The molecule has 3 nitrogen and oxygen atoms in total. The van der Waals surface area contributed by atoms with Gasteiger partial charge in [-0.1, -0.05) is 12.1 Å². The number of Topliss-reactive ketones (excluding diaryl/α,β-unsaturated/α-hetero) is 1. The Morgan fingerprint density at radius 1 is 1.43 bits per heavy atom. The SMILES string of the molecule is NC1CCN(Br)c2ccccc2C1=O. The van der Waals surface area contributed by atoms with Crippen LogP contribution in [-0.4, -0.2) is 18.4 Å². The van der Waals surface area contributed by atoms with Crippen molar-refractivity contribution in [2.45, 2.75) is 12.5 Å². The normalized spacial score (nSPS) is 21.7. The third kappa shape index (κ3) is 1.55. The molecule has 0 amide bonds. The van der Waals surface area contributed by atoms with E-state index in [1.807, 2.05) is 28.2 Å². The van der Waals surface area contributed by atoms with Crippen molar-refractivity contribution in [2.24, 2.45) is 5.73 Å². The average molecular weight is 255 g/mol. The summed E-state index contributed by atoms with van der Waals surface area (Å²) < 4.78 is 1.90. The Kier molecular flexibility index (Phi) is 2.56. The van der Waals surface area contributed by atoms with Crippen LogP contribution in [0.15, 0.2) is 24.3 Å². The van der Waals surface area contributed by atoms with Crippen molar-refractivity contribution in [1.82, 2.24) is 0 Å². The molecule has 0 bridgehead atoms. The molecule has 0 fully saturated rings. The maximum atomic E-state index is 11.8. The molecule has 1 atom stereocenters. The van der Waals surface area contributed by atoms with Gasteiger partial charge in [-0.25, -0.2) is 0 Å². The topological polar surface area (TPSA) is 46.3 Å². The van der Waals surface area contributed by atoms with E-state index in [1.54, 1.807) is 0 Å². The Balaban J connectivity index is 2.51. The van der Waals surface area contributed by atoms with Crippen LogP contribution in [0.4, 0.5) is 5.69 Å². The molecule has 0 spiro atoms. The van der Waals surface area contributed by atoms with Gasteiger partial charge in [0.05, 0.1) is 11.7 Å². The Morgan fingerprint density at radius 3 is 2.93 bits per heavy atom. The number of ketones is 1. The number of para-hydroxylation sites is 1. The third-order valence-electron chi connectivity index (χ3n) is 2.40. The first-order valence-corrected chi connectivity index (χ1v) is 5.23. The molecule has 0 aliphatic carbocycles. The Morgan fingerprint density at radius 2 is 2.14 bits per heavy atom. The monoisotopic (exact) mass is 254 g/mol. The van der Waals surface area contributed by atoms with E-state index in [0.29, 0.717) is 12.0 Å². The summed E-state index contributed by atoms with van der Waals surface area (Å²) in [6.07, 6.45) is 0.679. The number of halogens is 1.